The molecule has 0 aliphatic carbocycles. The molecule has 66 valence electrons. The third-order valence-electron chi connectivity index (χ3n) is 1.27. The first kappa shape index (κ1) is 13.7. The third-order valence-corrected chi connectivity index (χ3v) is 1.73. The number of rotatable bonds is 1. The SMILES string of the molecule is N#CNC(=S)Nc1ccc(Cl)cc1.[Na+]. The number of halogens is 1. The van der Waals surface area contributed by atoms with Crippen molar-refractivity contribution in [3.05, 3.63) is 29.3 Å². The molecule has 3 nitrogen and oxygen atoms in total. The molecule has 0 amide bonds. The first-order valence-corrected chi connectivity index (χ1v) is 4.22. The number of benzene rings is 1. The van der Waals surface area contributed by atoms with Crippen LogP contribution >= 0.6 is 23.8 Å². The molecule has 1 aromatic carbocycles. The van der Waals surface area contributed by atoms with Crippen LogP contribution in [-0.4, -0.2) is 5.11 Å². The van der Waals surface area contributed by atoms with Gasteiger partial charge in [0.15, 0.2) is 11.3 Å². The minimum absolute atomic E-state index is 0. The van der Waals surface area contributed by atoms with Crippen molar-refractivity contribution < 1.29 is 29.6 Å². The van der Waals surface area contributed by atoms with E-state index in [1.54, 1.807) is 30.5 Å². The number of thiocarbonyl (C=S) groups is 1. The fraction of sp³-hybridized carbons (Fsp3) is 0. The van der Waals surface area contributed by atoms with Crippen molar-refractivity contribution in [2.45, 2.75) is 0 Å². The Morgan fingerprint density at radius 2 is 1.93 bits per heavy atom. The van der Waals surface area contributed by atoms with Crippen molar-refractivity contribution in [1.82, 2.24) is 5.32 Å². The summed E-state index contributed by atoms with van der Waals surface area (Å²) in [5.41, 5.74) is 0.789. The molecule has 2 N–H and O–H groups in total. The zero-order chi connectivity index (χ0) is 9.68. The van der Waals surface area contributed by atoms with Crippen LogP contribution in [0, 0.1) is 11.5 Å². The van der Waals surface area contributed by atoms with Crippen LogP contribution in [0.3, 0.4) is 0 Å². The molecule has 0 saturated carbocycles. The van der Waals surface area contributed by atoms with E-state index in [1.807, 2.05) is 0 Å². The Morgan fingerprint density at radius 1 is 1.36 bits per heavy atom. The fourth-order valence-corrected chi connectivity index (χ4v) is 1.04. The normalized spacial score (nSPS) is 8.00. The predicted molar refractivity (Wildman–Crippen MR) is 56.4 cm³/mol. The standard InChI is InChI=1S/C8H6ClN3S.Na/c9-6-1-3-7(4-2-6)12-8(13)11-5-10;/h1-4H,(H2,11,12,13);/q;+1. The van der Waals surface area contributed by atoms with Gasteiger partial charge in [0, 0.05) is 10.7 Å². The van der Waals surface area contributed by atoms with E-state index in [0.29, 0.717) is 5.02 Å². The molecule has 0 fully saturated rings. The Kier molecular flexibility index (Phi) is 6.89. The second-order valence-electron chi connectivity index (χ2n) is 2.20. The van der Waals surface area contributed by atoms with E-state index in [-0.39, 0.29) is 34.7 Å². The predicted octanol–water partition coefficient (Wildman–Crippen LogP) is -0.889. The number of hydrogen-bond donors (Lipinski definition) is 2. The molecule has 0 aliphatic heterocycles. The molecule has 0 bridgehead atoms. The van der Waals surface area contributed by atoms with Gasteiger partial charge in [0.05, 0.1) is 0 Å². The molecule has 0 aromatic heterocycles. The monoisotopic (exact) mass is 234 g/mol. The van der Waals surface area contributed by atoms with Crippen molar-refractivity contribution in [3.8, 4) is 6.19 Å². The van der Waals surface area contributed by atoms with Gasteiger partial charge in [0.1, 0.15) is 0 Å². The molecule has 1 aromatic rings. The fourth-order valence-electron chi connectivity index (χ4n) is 0.746. The van der Waals surface area contributed by atoms with Crippen LogP contribution in [0.4, 0.5) is 5.69 Å². The molecular formula is C8H6ClN3NaS+. The maximum absolute atomic E-state index is 8.25. The minimum Gasteiger partial charge on any atom is -0.332 e. The van der Waals surface area contributed by atoms with E-state index in [9.17, 15) is 0 Å². The molecule has 0 unspecified atom stereocenters. The Bertz CT molecular complexity index is 347. The molecule has 0 heterocycles. The van der Waals surface area contributed by atoms with Gasteiger partial charge in [-0.2, -0.15) is 5.26 Å². The molecular weight excluding hydrogens is 229 g/mol. The van der Waals surface area contributed by atoms with Gasteiger partial charge < -0.3 is 5.32 Å². The van der Waals surface area contributed by atoms with Crippen molar-refractivity contribution in [2.24, 2.45) is 0 Å². The Hall–Kier alpha value is -0.310. The summed E-state index contributed by atoms with van der Waals surface area (Å²) in [5, 5.41) is 14.3. The van der Waals surface area contributed by atoms with Gasteiger partial charge in [-0.25, -0.2) is 0 Å². The van der Waals surface area contributed by atoms with Gasteiger partial charge in [0.2, 0.25) is 0 Å². The van der Waals surface area contributed by atoms with Gasteiger partial charge in [-0.15, -0.1) is 0 Å². The van der Waals surface area contributed by atoms with Crippen molar-refractivity contribution in [2.75, 3.05) is 5.32 Å². The van der Waals surface area contributed by atoms with E-state index >= 15 is 0 Å². The topological polar surface area (TPSA) is 47.9 Å². The minimum atomic E-state index is 0. The molecule has 0 radical (unpaired) electrons. The van der Waals surface area contributed by atoms with Gasteiger partial charge in [0.25, 0.3) is 0 Å². The average molecular weight is 235 g/mol. The van der Waals surface area contributed by atoms with E-state index in [0.717, 1.165) is 5.69 Å². The van der Waals surface area contributed by atoms with E-state index in [4.69, 9.17) is 29.1 Å². The number of hydrogen-bond acceptors (Lipinski definition) is 2. The first-order valence-electron chi connectivity index (χ1n) is 3.44. The van der Waals surface area contributed by atoms with E-state index in [2.05, 4.69) is 10.6 Å². The summed E-state index contributed by atoms with van der Waals surface area (Å²) in [6.45, 7) is 0. The Morgan fingerprint density at radius 3 is 2.43 bits per heavy atom. The summed E-state index contributed by atoms with van der Waals surface area (Å²) in [5.74, 6) is 0. The van der Waals surface area contributed by atoms with Gasteiger partial charge >= 0.3 is 29.6 Å². The van der Waals surface area contributed by atoms with E-state index < -0.39 is 0 Å². The van der Waals surface area contributed by atoms with Gasteiger partial charge in [-0.3, -0.25) is 5.32 Å². The summed E-state index contributed by atoms with van der Waals surface area (Å²) >= 11 is 10.5. The van der Waals surface area contributed by atoms with E-state index in [1.165, 1.54) is 0 Å². The molecule has 0 aliphatic rings. The summed E-state index contributed by atoms with van der Waals surface area (Å²) in [6.07, 6.45) is 1.72. The van der Waals surface area contributed by atoms with Crippen molar-refractivity contribution >= 4 is 34.6 Å². The first-order chi connectivity index (χ1) is 6.22. The number of nitriles is 1. The molecule has 0 spiro atoms. The maximum Gasteiger partial charge on any atom is 1.00 e. The molecule has 0 saturated heterocycles. The van der Waals surface area contributed by atoms with Crippen molar-refractivity contribution in [3.63, 3.8) is 0 Å². The summed E-state index contributed by atoms with van der Waals surface area (Å²) in [7, 11) is 0. The Balaban J connectivity index is 0.00000169. The molecule has 6 heteroatoms. The van der Waals surface area contributed by atoms with Crippen molar-refractivity contribution in [1.29, 1.82) is 5.26 Å². The summed E-state index contributed by atoms with van der Waals surface area (Å²) in [4.78, 5) is 0. The average Bonchev–Trinajstić information content (AvgIpc) is 2.09. The summed E-state index contributed by atoms with van der Waals surface area (Å²) < 4.78 is 0. The Labute approximate surface area is 115 Å². The molecule has 0 atom stereocenters. The number of nitrogens with one attached hydrogen (secondary N) is 2. The van der Waals surface area contributed by atoms with Crippen LogP contribution in [0.5, 0.6) is 0 Å². The quantitative estimate of drug-likeness (QED) is 0.287. The summed E-state index contributed by atoms with van der Waals surface area (Å²) in [6, 6.07) is 7.01. The van der Waals surface area contributed by atoms with Crippen LogP contribution in [0.25, 0.3) is 0 Å². The van der Waals surface area contributed by atoms with Crippen LogP contribution in [0.2, 0.25) is 5.02 Å². The largest absolute Gasteiger partial charge is 1.00 e. The third kappa shape index (κ3) is 4.80. The smallest absolute Gasteiger partial charge is 0.332 e. The number of nitrogens with zero attached hydrogens (tertiary/aromatic N) is 1. The molecule has 14 heavy (non-hydrogen) atoms. The second-order valence-corrected chi connectivity index (χ2v) is 3.04. The van der Waals surface area contributed by atoms with Crippen LogP contribution in [-0.2, 0) is 0 Å². The van der Waals surface area contributed by atoms with Crippen LogP contribution in [0.1, 0.15) is 0 Å². The van der Waals surface area contributed by atoms with Crippen LogP contribution in [0.15, 0.2) is 24.3 Å². The van der Waals surface area contributed by atoms with Gasteiger partial charge in [-0.1, -0.05) is 11.6 Å². The van der Waals surface area contributed by atoms with Crippen LogP contribution < -0.4 is 40.2 Å². The maximum atomic E-state index is 8.25. The zero-order valence-corrected chi connectivity index (χ0v) is 11.1. The zero-order valence-electron chi connectivity index (χ0n) is 7.54. The number of anilines is 1. The van der Waals surface area contributed by atoms with Gasteiger partial charge in [-0.05, 0) is 36.5 Å². The second kappa shape index (κ2) is 7.04. The molecule has 1 rings (SSSR count).